The molecular formula is C25H21FN6O. The average molecular weight is 440 g/mol. The van der Waals surface area contributed by atoms with E-state index in [1.165, 1.54) is 12.1 Å². The fourth-order valence-corrected chi connectivity index (χ4v) is 3.71. The molecule has 0 aliphatic carbocycles. The van der Waals surface area contributed by atoms with Crippen molar-refractivity contribution in [2.24, 2.45) is 0 Å². The van der Waals surface area contributed by atoms with E-state index in [1.54, 1.807) is 23.0 Å². The van der Waals surface area contributed by atoms with Gasteiger partial charge in [0, 0.05) is 23.7 Å². The summed E-state index contributed by atoms with van der Waals surface area (Å²) in [5.74, 6) is -1.00. The molecule has 1 N–H and O–H groups in total. The summed E-state index contributed by atoms with van der Waals surface area (Å²) in [5, 5.41) is 12.2. The molecule has 2 aromatic carbocycles. The molecule has 0 atom stereocenters. The van der Waals surface area contributed by atoms with Crippen molar-refractivity contribution < 1.29 is 9.18 Å². The van der Waals surface area contributed by atoms with Gasteiger partial charge in [-0.05, 0) is 54.4 Å². The van der Waals surface area contributed by atoms with Crippen molar-refractivity contribution in [1.29, 1.82) is 0 Å². The Bertz CT molecular complexity index is 1480. The van der Waals surface area contributed by atoms with Gasteiger partial charge in [-0.3, -0.25) is 9.78 Å². The van der Waals surface area contributed by atoms with E-state index in [0.717, 1.165) is 22.9 Å². The van der Waals surface area contributed by atoms with Gasteiger partial charge in [-0.1, -0.05) is 30.3 Å². The van der Waals surface area contributed by atoms with Gasteiger partial charge in [0.2, 0.25) is 0 Å². The minimum atomic E-state index is -0.584. The van der Waals surface area contributed by atoms with Crippen LogP contribution in [0.5, 0.6) is 0 Å². The molecule has 5 aromatic rings. The summed E-state index contributed by atoms with van der Waals surface area (Å²) < 4.78 is 16.4. The first kappa shape index (κ1) is 20.7. The van der Waals surface area contributed by atoms with Gasteiger partial charge in [-0.15, -0.1) is 5.10 Å². The Labute approximate surface area is 189 Å². The third-order valence-electron chi connectivity index (χ3n) is 5.40. The first-order valence-electron chi connectivity index (χ1n) is 10.7. The van der Waals surface area contributed by atoms with Gasteiger partial charge in [-0.25, -0.2) is 14.1 Å². The summed E-state index contributed by atoms with van der Waals surface area (Å²) in [6, 6.07) is 18.1. The molecular weight excluding hydrogens is 419 g/mol. The van der Waals surface area contributed by atoms with Crippen molar-refractivity contribution >= 4 is 28.0 Å². The van der Waals surface area contributed by atoms with Gasteiger partial charge < -0.3 is 5.32 Å². The second kappa shape index (κ2) is 8.74. The number of benzene rings is 2. The predicted octanol–water partition coefficient (Wildman–Crippen LogP) is 4.37. The molecule has 0 saturated carbocycles. The monoisotopic (exact) mass is 440 g/mol. The maximum Gasteiger partial charge on any atom is 0.254 e. The molecule has 5 rings (SSSR count). The lowest BCUT2D eigenvalue weighted by Crippen LogP contribution is -2.24. The smallest absolute Gasteiger partial charge is 0.254 e. The van der Waals surface area contributed by atoms with E-state index in [9.17, 15) is 9.18 Å². The van der Waals surface area contributed by atoms with Crippen LogP contribution in [0.4, 0.5) is 4.39 Å². The van der Waals surface area contributed by atoms with Crippen molar-refractivity contribution in [2.45, 2.75) is 19.9 Å². The third-order valence-corrected chi connectivity index (χ3v) is 5.40. The zero-order chi connectivity index (χ0) is 22.8. The topological polar surface area (TPSA) is 85.6 Å². The minimum absolute atomic E-state index is 0.0192. The number of fused-ring (bicyclic) bond motifs is 2. The maximum atomic E-state index is 14.6. The lowest BCUT2D eigenvalue weighted by Gasteiger charge is -2.08. The van der Waals surface area contributed by atoms with Gasteiger partial charge in [0.05, 0.1) is 23.3 Å². The summed E-state index contributed by atoms with van der Waals surface area (Å²) in [7, 11) is 0. The van der Waals surface area contributed by atoms with Gasteiger partial charge in [0.1, 0.15) is 11.3 Å². The van der Waals surface area contributed by atoms with Gasteiger partial charge in [0.15, 0.2) is 5.65 Å². The van der Waals surface area contributed by atoms with Crippen LogP contribution in [0, 0.1) is 5.82 Å². The van der Waals surface area contributed by atoms with Crippen LogP contribution < -0.4 is 5.32 Å². The number of rotatable bonds is 6. The SMILES string of the molecule is CCCNC(=O)c1ccc(-c2ccc3nnn(Cc4ccc5ncccc5c4)c3n2)cc1F. The second-order valence-electron chi connectivity index (χ2n) is 7.77. The Morgan fingerprint density at radius 2 is 1.94 bits per heavy atom. The first-order chi connectivity index (χ1) is 16.1. The zero-order valence-corrected chi connectivity index (χ0v) is 18.0. The molecule has 0 spiro atoms. The summed E-state index contributed by atoms with van der Waals surface area (Å²) in [4.78, 5) is 21.2. The van der Waals surface area contributed by atoms with Crippen LogP contribution >= 0.6 is 0 Å². The lowest BCUT2D eigenvalue weighted by atomic mass is 10.1. The van der Waals surface area contributed by atoms with E-state index >= 15 is 0 Å². The van der Waals surface area contributed by atoms with Gasteiger partial charge in [-0.2, -0.15) is 0 Å². The molecule has 3 heterocycles. The Hall–Kier alpha value is -4.20. The van der Waals surface area contributed by atoms with Crippen LogP contribution in [-0.4, -0.2) is 37.4 Å². The Kier molecular flexibility index (Phi) is 5.48. The number of pyridine rings is 2. The van der Waals surface area contributed by atoms with Crippen LogP contribution in [-0.2, 0) is 6.54 Å². The average Bonchev–Trinajstić information content (AvgIpc) is 3.24. The molecule has 8 heteroatoms. The van der Waals surface area contributed by atoms with E-state index in [4.69, 9.17) is 0 Å². The molecule has 3 aromatic heterocycles. The summed E-state index contributed by atoms with van der Waals surface area (Å²) in [5.41, 5.74) is 4.40. The highest BCUT2D eigenvalue weighted by Crippen LogP contribution is 2.23. The highest BCUT2D eigenvalue weighted by Gasteiger charge is 2.14. The number of amides is 1. The van der Waals surface area contributed by atoms with E-state index < -0.39 is 11.7 Å². The molecule has 1 amide bonds. The summed E-state index contributed by atoms with van der Waals surface area (Å²) in [6.45, 7) is 2.93. The standard InChI is InChI=1S/C25H21FN6O/c1-2-11-28-25(33)19-7-6-18(14-20(19)26)22-9-10-23-24(29-22)32(31-30-23)15-16-5-8-21-17(13-16)4-3-12-27-21/h3-10,12-14H,2,11,15H2,1H3,(H,28,33). The molecule has 7 nitrogen and oxygen atoms in total. The molecule has 0 bridgehead atoms. The minimum Gasteiger partial charge on any atom is -0.352 e. The molecule has 0 unspecified atom stereocenters. The van der Waals surface area contributed by atoms with E-state index in [2.05, 4.69) is 31.7 Å². The molecule has 0 radical (unpaired) electrons. The molecule has 0 fully saturated rings. The number of nitrogens with one attached hydrogen (secondary N) is 1. The number of hydrogen-bond acceptors (Lipinski definition) is 5. The molecule has 164 valence electrons. The van der Waals surface area contributed by atoms with E-state index in [-0.39, 0.29) is 5.56 Å². The number of halogens is 1. The fourth-order valence-electron chi connectivity index (χ4n) is 3.71. The maximum absolute atomic E-state index is 14.6. The number of hydrogen-bond donors (Lipinski definition) is 1. The quantitative estimate of drug-likeness (QED) is 0.424. The molecule has 0 aliphatic heterocycles. The Morgan fingerprint density at radius 1 is 1.06 bits per heavy atom. The number of carbonyl (C=O) groups is 1. The van der Waals surface area contributed by atoms with E-state index in [1.807, 2.05) is 37.3 Å². The number of carbonyl (C=O) groups excluding carboxylic acids is 1. The zero-order valence-electron chi connectivity index (χ0n) is 18.0. The Balaban J connectivity index is 1.45. The van der Waals surface area contributed by atoms with E-state index in [0.29, 0.717) is 35.5 Å². The Morgan fingerprint density at radius 3 is 2.79 bits per heavy atom. The fraction of sp³-hybridized carbons (Fsp3) is 0.160. The highest BCUT2D eigenvalue weighted by molar-refractivity contribution is 5.95. The van der Waals surface area contributed by atoms with Crippen LogP contribution in [0.1, 0.15) is 29.3 Å². The molecule has 0 saturated heterocycles. The van der Waals surface area contributed by atoms with Crippen molar-refractivity contribution in [1.82, 2.24) is 30.3 Å². The highest BCUT2D eigenvalue weighted by atomic mass is 19.1. The predicted molar refractivity (Wildman–Crippen MR) is 124 cm³/mol. The van der Waals surface area contributed by atoms with Crippen molar-refractivity contribution in [3.05, 3.63) is 83.8 Å². The van der Waals surface area contributed by atoms with Crippen LogP contribution in [0.2, 0.25) is 0 Å². The number of aromatic nitrogens is 5. The van der Waals surface area contributed by atoms with Crippen LogP contribution in [0.3, 0.4) is 0 Å². The van der Waals surface area contributed by atoms with Gasteiger partial charge >= 0.3 is 0 Å². The third kappa shape index (κ3) is 4.15. The van der Waals surface area contributed by atoms with Gasteiger partial charge in [0.25, 0.3) is 5.91 Å². The van der Waals surface area contributed by atoms with Crippen LogP contribution in [0.15, 0.2) is 66.9 Å². The normalized spacial score (nSPS) is 11.2. The molecule has 33 heavy (non-hydrogen) atoms. The lowest BCUT2D eigenvalue weighted by molar-refractivity contribution is 0.0949. The van der Waals surface area contributed by atoms with Crippen molar-refractivity contribution in [2.75, 3.05) is 6.54 Å². The molecule has 0 aliphatic rings. The largest absolute Gasteiger partial charge is 0.352 e. The second-order valence-corrected chi connectivity index (χ2v) is 7.77. The van der Waals surface area contributed by atoms with Crippen molar-refractivity contribution in [3.8, 4) is 11.3 Å². The van der Waals surface area contributed by atoms with Crippen molar-refractivity contribution in [3.63, 3.8) is 0 Å². The summed E-state index contributed by atoms with van der Waals surface area (Å²) in [6.07, 6.45) is 2.55. The number of nitrogens with zero attached hydrogens (tertiary/aromatic N) is 5. The summed E-state index contributed by atoms with van der Waals surface area (Å²) >= 11 is 0. The first-order valence-corrected chi connectivity index (χ1v) is 10.7. The van der Waals surface area contributed by atoms with Crippen LogP contribution in [0.25, 0.3) is 33.3 Å².